The highest BCUT2D eigenvalue weighted by molar-refractivity contribution is 5.94. The molecule has 0 radical (unpaired) electrons. The number of carbonyl (C=O) groups is 2. The fraction of sp³-hybridized carbons (Fsp3) is 0.391. The molecule has 0 atom stereocenters. The van der Waals surface area contributed by atoms with E-state index in [1.165, 1.54) is 5.56 Å². The first-order valence-electron chi connectivity index (χ1n) is 9.71. The minimum atomic E-state index is -0.203. The summed E-state index contributed by atoms with van der Waals surface area (Å²) in [5, 5.41) is 5.60. The van der Waals surface area contributed by atoms with Crippen molar-refractivity contribution in [1.29, 1.82) is 0 Å². The van der Waals surface area contributed by atoms with Crippen LogP contribution in [0.3, 0.4) is 0 Å². The number of amides is 3. The lowest BCUT2D eigenvalue weighted by Gasteiger charge is -2.21. The summed E-state index contributed by atoms with van der Waals surface area (Å²) in [6, 6.07) is 15.1. The number of carbonyl (C=O) groups excluding carboxylic acids is 2. The molecule has 0 aliphatic rings. The zero-order valence-electron chi connectivity index (χ0n) is 17.9. The summed E-state index contributed by atoms with van der Waals surface area (Å²) in [6.07, 6.45) is 0. The molecular weight excluding hydrogens is 366 g/mol. The second kappa shape index (κ2) is 9.96. The number of hydrogen-bond donors (Lipinski definition) is 2. The van der Waals surface area contributed by atoms with Gasteiger partial charge in [-0.25, -0.2) is 4.79 Å². The van der Waals surface area contributed by atoms with Gasteiger partial charge in [-0.2, -0.15) is 0 Å². The predicted octanol–water partition coefficient (Wildman–Crippen LogP) is 3.56. The largest absolute Gasteiger partial charge is 0.497 e. The third-order valence-electron chi connectivity index (χ3n) is 4.61. The van der Waals surface area contributed by atoms with Crippen molar-refractivity contribution < 1.29 is 14.3 Å². The van der Waals surface area contributed by atoms with Gasteiger partial charge in [0, 0.05) is 32.2 Å². The molecule has 6 heteroatoms. The Balaban J connectivity index is 1.75. The molecule has 2 aromatic carbocycles. The standard InChI is InChI=1S/C23H31N3O3/c1-23(2,3)19-11-9-17(10-12-19)16-26(4)22(28)25-14-13-24-21(27)18-7-6-8-20(15-18)29-5/h6-12,15H,13-14,16H2,1-5H3,(H,24,27)(H,25,28). The molecule has 0 aliphatic carbocycles. The van der Waals surface area contributed by atoms with E-state index in [1.807, 2.05) is 0 Å². The Morgan fingerprint density at radius 2 is 1.66 bits per heavy atom. The first-order chi connectivity index (χ1) is 13.7. The molecule has 0 fully saturated rings. The predicted molar refractivity (Wildman–Crippen MR) is 115 cm³/mol. The Morgan fingerprint density at radius 3 is 2.28 bits per heavy atom. The molecular formula is C23H31N3O3. The normalized spacial score (nSPS) is 10.9. The van der Waals surface area contributed by atoms with Crippen LogP contribution in [0.5, 0.6) is 5.75 Å². The average molecular weight is 398 g/mol. The molecule has 0 bridgehead atoms. The summed E-state index contributed by atoms with van der Waals surface area (Å²) in [5.74, 6) is 0.425. The van der Waals surface area contributed by atoms with Gasteiger partial charge in [-0.05, 0) is 34.7 Å². The maximum absolute atomic E-state index is 12.3. The van der Waals surface area contributed by atoms with Crippen LogP contribution in [0.1, 0.15) is 42.3 Å². The van der Waals surface area contributed by atoms with E-state index in [0.717, 1.165) is 5.56 Å². The molecule has 2 rings (SSSR count). The Bertz CT molecular complexity index is 826. The lowest BCUT2D eigenvalue weighted by atomic mass is 9.87. The van der Waals surface area contributed by atoms with Crippen molar-refractivity contribution in [2.45, 2.75) is 32.7 Å². The van der Waals surface area contributed by atoms with Gasteiger partial charge in [0.1, 0.15) is 5.75 Å². The number of hydrogen-bond acceptors (Lipinski definition) is 3. The minimum Gasteiger partial charge on any atom is -0.497 e. The molecule has 2 aromatic rings. The molecule has 29 heavy (non-hydrogen) atoms. The summed E-state index contributed by atoms with van der Waals surface area (Å²) < 4.78 is 5.12. The van der Waals surface area contributed by atoms with Crippen molar-refractivity contribution in [2.75, 3.05) is 27.2 Å². The van der Waals surface area contributed by atoms with Crippen molar-refractivity contribution in [3.05, 3.63) is 65.2 Å². The molecule has 0 spiro atoms. The highest BCUT2D eigenvalue weighted by Crippen LogP contribution is 2.22. The zero-order valence-corrected chi connectivity index (χ0v) is 17.9. The Labute approximate surface area is 173 Å². The van der Waals surface area contributed by atoms with Crippen molar-refractivity contribution in [3.63, 3.8) is 0 Å². The van der Waals surface area contributed by atoms with Crippen molar-refractivity contribution in [3.8, 4) is 5.75 Å². The third-order valence-corrected chi connectivity index (χ3v) is 4.61. The molecule has 0 aromatic heterocycles. The Hall–Kier alpha value is -3.02. The molecule has 6 nitrogen and oxygen atoms in total. The van der Waals surface area contributed by atoms with E-state index in [9.17, 15) is 9.59 Å². The van der Waals surface area contributed by atoms with Crippen LogP contribution < -0.4 is 15.4 Å². The van der Waals surface area contributed by atoms with Gasteiger partial charge in [0.2, 0.25) is 0 Å². The lowest BCUT2D eigenvalue weighted by molar-refractivity contribution is 0.0953. The molecule has 2 N–H and O–H groups in total. The molecule has 3 amide bonds. The molecule has 0 saturated carbocycles. The highest BCUT2D eigenvalue weighted by Gasteiger charge is 2.14. The van der Waals surface area contributed by atoms with Crippen LogP contribution in [-0.2, 0) is 12.0 Å². The van der Waals surface area contributed by atoms with Gasteiger partial charge in [-0.1, -0.05) is 51.1 Å². The number of benzene rings is 2. The number of urea groups is 1. The summed E-state index contributed by atoms with van der Waals surface area (Å²) >= 11 is 0. The van der Waals surface area contributed by atoms with E-state index in [4.69, 9.17) is 4.74 Å². The third kappa shape index (κ3) is 6.82. The van der Waals surface area contributed by atoms with Gasteiger partial charge in [-0.3, -0.25) is 4.79 Å². The quantitative estimate of drug-likeness (QED) is 0.702. The van der Waals surface area contributed by atoms with Gasteiger partial charge in [0.25, 0.3) is 5.91 Å². The zero-order chi connectivity index (χ0) is 21.4. The molecule has 0 unspecified atom stereocenters. The van der Waals surface area contributed by atoms with Crippen molar-refractivity contribution >= 4 is 11.9 Å². The molecule has 156 valence electrons. The maximum Gasteiger partial charge on any atom is 0.317 e. The molecule has 0 saturated heterocycles. The molecule has 0 heterocycles. The second-order valence-electron chi connectivity index (χ2n) is 8.02. The fourth-order valence-corrected chi connectivity index (χ4v) is 2.80. The summed E-state index contributed by atoms with van der Waals surface area (Å²) in [7, 11) is 3.31. The maximum atomic E-state index is 12.3. The van der Waals surface area contributed by atoms with Crippen LogP contribution in [0.25, 0.3) is 0 Å². The van der Waals surface area contributed by atoms with E-state index in [-0.39, 0.29) is 17.4 Å². The van der Waals surface area contributed by atoms with E-state index in [2.05, 4.69) is 55.7 Å². The fourth-order valence-electron chi connectivity index (χ4n) is 2.80. The monoisotopic (exact) mass is 397 g/mol. The van der Waals surface area contributed by atoms with Gasteiger partial charge in [-0.15, -0.1) is 0 Å². The summed E-state index contributed by atoms with van der Waals surface area (Å²) in [4.78, 5) is 26.0. The highest BCUT2D eigenvalue weighted by atomic mass is 16.5. The lowest BCUT2D eigenvalue weighted by Crippen LogP contribution is -2.41. The van der Waals surface area contributed by atoms with E-state index in [1.54, 1.807) is 43.3 Å². The van der Waals surface area contributed by atoms with Crippen LogP contribution in [0.2, 0.25) is 0 Å². The van der Waals surface area contributed by atoms with Crippen LogP contribution >= 0.6 is 0 Å². The second-order valence-corrected chi connectivity index (χ2v) is 8.02. The van der Waals surface area contributed by atoms with Crippen LogP contribution in [0.15, 0.2) is 48.5 Å². The first-order valence-corrected chi connectivity index (χ1v) is 9.71. The number of methoxy groups -OCH3 is 1. The smallest absolute Gasteiger partial charge is 0.317 e. The van der Waals surface area contributed by atoms with Crippen LogP contribution in [-0.4, -0.2) is 44.1 Å². The van der Waals surface area contributed by atoms with Crippen molar-refractivity contribution in [1.82, 2.24) is 15.5 Å². The molecule has 0 aliphatic heterocycles. The summed E-state index contributed by atoms with van der Waals surface area (Å²) in [6.45, 7) is 7.74. The average Bonchev–Trinajstić information content (AvgIpc) is 2.70. The number of ether oxygens (including phenoxy) is 1. The first kappa shape index (κ1) is 22.3. The van der Waals surface area contributed by atoms with Gasteiger partial charge in [0.15, 0.2) is 0 Å². The van der Waals surface area contributed by atoms with Crippen molar-refractivity contribution in [2.24, 2.45) is 0 Å². The van der Waals surface area contributed by atoms with E-state index < -0.39 is 0 Å². The van der Waals surface area contributed by atoms with Gasteiger partial charge >= 0.3 is 6.03 Å². The number of nitrogens with zero attached hydrogens (tertiary/aromatic N) is 1. The van der Waals surface area contributed by atoms with Gasteiger partial charge < -0.3 is 20.3 Å². The SMILES string of the molecule is COc1cccc(C(=O)NCCNC(=O)N(C)Cc2ccc(C(C)(C)C)cc2)c1. The van der Waals surface area contributed by atoms with E-state index >= 15 is 0 Å². The van der Waals surface area contributed by atoms with Crippen LogP contribution in [0.4, 0.5) is 4.79 Å². The topological polar surface area (TPSA) is 70.7 Å². The number of nitrogens with one attached hydrogen (secondary N) is 2. The Morgan fingerprint density at radius 1 is 1.00 bits per heavy atom. The number of rotatable bonds is 7. The van der Waals surface area contributed by atoms with Gasteiger partial charge in [0.05, 0.1) is 7.11 Å². The van der Waals surface area contributed by atoms with Crippen LogP contribution in [0, 0.1) is 0 Å². The summed E-state index contributed by atoms with van der Waals surface area (Å²) in [5.41, 5.74) is 2.96. The minimum absolute atomic E-state index is 0.108. The Kier molecular flexibility index (Phi) is 7.65. The van der Waals surface area contributed by atoms with E-state index in [0.29, 0.717) is 30.9 Å².